The molecule has 2 rings (SSSR count). The molecule has 0 aliphatic heterocycles. The molecule has 0 bridgehead atoms. The molecule has 1 aromatic carbocycles. The van der Waals surface area contributed by atoms with Crippen molar-refractivity contribution in [2.45, 2.75) is 37.8 Å². The lowest BCUT2D eigenvalue weighted by atomic mass is 10.2. The Morgan fingerprint density at radius 2 is 1.67 bits per heavy atom. The number of nitrogens with zero attached hydrogens (tertiary/aromatic N) is 3. The fourth-order valence-corrected chi connectivity index (χ4v) is 4.10. The molecule has 0 atom stereocenters. The Kier molecular flexibility index (Phi) is 11.6. The maximum atomic E-state index is 11.8. The van der Waals surface area contributed by atoms with Crippen molar-refractivity contribution < 1.29 is 62.1 Å². The number of ether oxygens (including phenoxy) is 1. The lowest BCUT2D eigenvalue weighted by Crippen LogP contribution is -2.36. The van der Waals surface area contributed by atoms with Crippen LogP contribution in [0.3, 0.4) is 0 Å². The number of aromatic nitrogens is 1. The van der Waals surface area contributed by atoms with Crippen LogP contribution >= 0.6 is 0 Å². The zero-order valence-electron chi connectivity index (χ0n) is 19.9. The van der Waals surface area contributed by atoms with Gasteiger partial charge in [0.15, 0.2) is 45.6 Å². The molecule has 0 aliphatic rings. The molecule has 1 heterocycles. The van der Waals surface area contributed by atoms with Crippen LogP contribution in [-0.2, 0) is 42.5 Å². The minimum Gasteiger partial charge on any atom is -0.443 e. The van der Waals surface area contributed by atoms with Crippen LogP contribution in [0, 0.1) is 6.92 Å². The van der Waals surface area contributed by atoms with Crippen LogP contribution in [0.25, 0.3) is 4.13 Å². The van der Waals surface area contributed by atoms with Crippen molar-refractivity contribution in [3.63, 3.8) is 0 Å². The summed E-state index contributed by atoms with van der Waals surface area (Å²) in [6.45, 7) is 4.75. The van der Waals surface area contributed by atoms with E-state index in [-0.39, 0.29) is 6.61 Å². The molecule has 1 amide bonds. The normalized spacial score (nSPS) is 12.0. The standard InChI is InChI=1S/C18H19N3O3.C2F6NO4S2/c1-3-15-5-4-8-21(12-15)9-10-24-18(23)20-16-7-6-14(2)17(11-16)19-13-22;3-1(4,5)14(10,11)9-15(12,13)2(6,7)8/h4-8,11-12H,3,9-10H2,1-2H3;/q;-1/p+1. The van der Waals surface area contributed by atoms with Crippen molar-refractivity contribution in [1.29, 1.82) is 0 Å². The molecule has 2 aromatic rings. The molecule has 11 nitrogen and oxygen atoms in total. The summed E-state index contributed by atoms with van der Waals surface area (Å²) in [7, 11) is -13.4. The van der Waals surface area contributed by atoms with Gasteiger partial charge in [-0.05, 0) is 37.1 Å². The molecule has 0 unspecified atom stereocenters. The number of nitrogens with one attached hydrogen (secondary N) is 1. The topological polar surface area (TPSA) is 154 Å². The van der Waals surface area contributed by atoms with Crippen LogP contribution in [0.5, 0.6) is 0 Å². The molecule has 0 aliphatic carbocycles. The number of isocyanates is 1. The van der Waals surface area contributed by atoms with Gasteiger partial charge in [0.05, 0.1) is 5.69 Å². The number of pyridine rings is 1. The van der Waals surface area contributed by atoms with Gasteiger partial charge < -0.3 is 8.86 Å². The van der Waals surface area contributed by atoms with Gasteiger partial charge in [0.25, 0.3) is 0 Å². The van der Waals surface area contributed by atoms with Crippen LogP contribution in [0.1, 0.15) is 18.1 Å². The third-order valence-corrected chi connectivity index (χ3v) is 7.05. The number of hydrogen-bond acceptors (Lipinski definition) is 8. The lowest BCUT2D eigenvalue weighted by molar-refractivity contribution is -0.698. The average molecular weight is 607 g/mol. The molecular formula is C20H20F6N4O7S2. The predicted octanol–water partition coefficient (Wildman–Crippen LogP) is 4.12. The van der Waals surface area contributed by atoms with Crippen molar-refractivity contribution in [3.8, 4) is 0 Å². The lowest BCUT2D eigenvalue weighted by Gasteiger charge is -2.22. The van der Waals surface area contributed by atoms with Gasteiger partial charge in [0.2, 0.25) is 6.08 Å². The van der Waals surface area contributed by atoms with Crippen molar-refractivity contribution in [3.05, 3.63) is 58.0 Å². The monoisotopic (exact) mass is 606 g/mol. The number of anilines is 1. The summed E-state index contributed by atoms with van der Waals surface area (Å²) in [6.07, 6.45) is 5.87. The van der Waals surface area contributed by atoms with E-state index in [2.05, 4.69) is 23.3 Å². The van der Waals surface area contributed by atoms with Gasteiger partial charge in [-0.2, -0.15) is 31.3 Å². The Hall–Kier alpha value is -3.54. The molecule has 0 saturated heterocycles. The summed E-state index contributed by atoms with van der Waals surface area (Å²) < 4.78 is 116. The first-order chi connectivity index (χ1) is 17.8. The van der Waals surface area contributed by atoms with Crippen LogP contribution in [0.2, 0.25) is 0 Å². The van der Waals surface area contributed by atoms with Crippen LogP contribution < -0.4 is 9.88 Å². The van der Waals surface area contributed by atoms with E-state index in [0.717, 1.165) is 16.1 Å². The Balaban J connectivity index is 0.000000439. The van der Waals surface area contributed by atoms with E-state index in [1.165, 1.54) is 11.6 Å². The molecular weight excluding hydrogens is 586 g/mol. The molecule has 39 heavy (non-hydrogen) atoms. The number of alkyl halides is 6. The van der Waals surface area contributed by atoms with Gasteiger partial charge >= 0.3 is 17.1 Å². The Morgan fingerprint density at radius 1 is 1.08 bits per heavy atom. The highest BCUT2D eigenvalue weighted by atomic mass is 32.3. The Morgan fingerprint density at radius 3 is 2.18 bits per heavy atom. The largest absolute Gasteiger partial charge is 0.480 e. The number of carbonyl (C=O) groups excluding carboxylic acids is 2. The molecule has 1 N–H and O–H groups in total. The van der Waals surface area contributed by atoms with E-state index in [1.807, 2.05) is 30.0 Å². The van der Waals surface area contributed by atoms with Crippen molar-refractivity contribution in [2.75, 3.05) is 11.9 Å². The first-order valence-corrected chi connectivity index (χ1v) is 13.2. The minimum atomic E-state index is -6.72. The van der Waals surface area contributed by atoms with Gasteiger partial charge in [0.1, 0.15) is 0 Å². The van der Waals surface area contributed by atoms with E-state index in [9.17, 15) is 52.8 Å². The third kappa shape index (κ3) is 10.6. The zero-order chi connectivity index (χ0) is 30.1. The molecule has 19 heteroatoms. The van der Waals surface area contributed by atoms with Gasteiger partial charge in [-0.25, -0.2) is 31.0 Å². The molecule has 0 saturated carbocycles. The maximum Gasteiger partial charge on any atom is 0.480 e. The smallest absolute Gasteiger partial charge is 0.443 e. The number of sulfonamides is 2. The summed E-state index contributed by atoms with van der Waals surface area (Å²) >= 11 is 0. The minimum absolute atomic E-state index is 0.259. The number of aliphatic imine (C=N–C) groups is 1. The number of aryl methyl sites for hydroxylation is 2. The summed E-state index contributed by atoms with van der Waals surface area (Å²) in [5.74, 6) is 0. The van der Waals surface area contributed by atoms with E-state index in [0.29, 0.717) is 17.9 Å². The third-order valence-electron chi connectivity index (χ3n) is 4.31. The van der Waals surface area contributed by atoms with Gasteiger partial charge in [0, 0.05) is 17.3 Å². The zero-order valence-corrected chi connectivity index (χ0v) is 21.6. The second-order valence-corrected chi connectivity index (χ2v) is 10.6. The van der Waals surface area contributed by atoms with E-state index < -0.39 is 37.2 Å². The molecule has 0 fully saturated rings. The highest BCUT2D eigenvalue weighted by Crippen LogP contribution is 2.36. The summed E-state index contributed by atoms with van der Waals surface area (Å²) in [6, 6.07) is 9.11. The first-order valence-electron chi connectivity index (χ1n) is 10.3. The predicted molar refractivity (Wildman–Crippen MR) is 123 cm³/mol. The second-order valence-electron chi connectivity index (χ2n) is 7.19. The van der Waals surface area contributed by atoms with Crippen molar-refractivity contribution >= 4 is 43.6 Å². The SMILES string of the molecule is CCc1ccc[n+](CCOC(=O)Nc2ccc(C)c(N=C=O)c2)c1.O=S(=O)([N-]S(=O)(=O)C(F)(F)F)C(F)(F)F. The second kappa shape index (κ2) is 13.5. The number of halogens is 6. The van der Waals surface area contributed by atoms with Crippen LogP contribution in [-0.4, -0.2) is 46.6 Å². The molecule has 0 spiro atoms. The number of rotatable bonds is 8. The van der Waals surface area contributed by atoms with Gasteiger partial charge in [-0.3, -0.25) is 5.32 Å². The van der Waals surface area contributed by atoms with E-state index in [4.69, 9.17) is 4.74 Å². The molecule has 216 valence electrons. The number of hydrogen-bond donors (Lipinski definition) is 1. The average Bonchev–Trinajstić information content (AvgIpc) is 2.80. The first kappa shape index (κ1) is 33.5. The summed E-state index contributed by atoms with van der Waals surface area (Å²) in [5.41, 5.74) is -9.37. The molecule has 0 radical (unpaired) electrons. The van der Waals surface area contributed by atoms with E-state index in [1.54, 1.807) is 18.2 Å². The highest BCUT2D eigenvalue weighted by molar-refractivity contribution is 8.13. The number of amides is 1. The van der Waals surface area contributed by atoms with Crippen LogP contribution in [0.4, 0.5) is 42.5 Å². The van der Waals surface area contributed by atoms with Crippen LogP contribution in [0.15, 0.2) is 47.7 Å². The fourth-order valence-electron chi connectivity index (χ4n) is 2.39. The van der Waals surface area contributed by atoms with Gasteiger partial charge in [-0.1, -0.05) is 13.0 Å². The van der Waals surface area contributed by atoms with Gasteiger partial charge in [-0.15, -0.1) is 0 Å². The highest BCUT2D eigenvalue weighted by Gasteiger charge is 2.46. The Labute approximate surface area is 218 Å². The fraction of sp³-hybridized carbons (Fsp3) is 0.350. The maximum absolute atomic E-state index is 11.8. The van der Waals surface area contributed by atoms with Crippen molar-refractivity contribution in [1.82, 2.24) is 0 Å². The Bertz CT molecular complexity index is 1380. The number of benzene rings is 1. The quantitative estimate of drug-likeness (QED) is 0.205. The molecule has 1 aromatic heterocycles. The summed E-state index contributed by atoms with van der Waals surface area (Å²) in [4.78, 5) is 25.8. The van der Waals surface area contributed by atoms with E-state index >= 15 is 0 Å². The number of carbonyl (C=O) groups is 1. The summed E-state index contributed by atoms with van der Waals surface area (Å²) in [5, 5.41) is 2.62. The van der Waals surface area contributed by atoms with Crippen molar-refractivity contribution in [2.24, 2.45) is 4.99 Å².